The van der Waals surface area contributed by atoms with E-state index in [9.17, 15) is 9.59 Å². The Morgan fingerprint density at radius 1 is 1.50 bits per heavy atom. The van der Waals surface area contributed by atoms with Crippen LogP contribution in [0.15, 0.2) is 22.6 Å². The maximum Gasteiger partial charge on any atom is 0.271 e. The molecule has 7 heteroatoms. The van der Waals surface area contributed by atoms with Crippen molar-refractivity contribution in [3.8, 4) is 0 Å². The Balaban J connectivity index is 1.99. The second-order valence-corrected chi connectivity index (χ2v) is 5.79. The summed E-state index contributed by atoms with van der Waals surface area (Å²) in [6.45, 7) is 1.09. The van der Waals surface area contributed by atoms with Gasteiger partial charge in [-0.05, 0) is 19.3 Å². The van der Waals surface area contributed by atoms with Gasteiger partial charge in [-0.2, -0.15) is 0 Å². The first kappa shape index (κ1) is 13.3. The number of carbonyl (C=O) groups is 1. The van der Waals surface area contributed by atoms with E-state index in [2.05, 4.69) is 4.98 Å². The van der Waals surface area contributed by atoms with Crippen molar-refractivity contribution < 1.29 is 4.79 Å². The summed E-state index contributed by atoms with van der Waals surface area (Å²) < 4.78 is 1.42. The van der Waals surface area contributed by atoms with Crippen LogP contribution in [0.25, 0.3) is 4.96 Å². The summed E-state index contributed by atoms with van der Waals surface area (Å²) in [6, 6.07) is 0.0267. The van der Waals surface area contributed by atoms with Gasteiger partial charge in [-0.25, -0.2) is 4.98 Å². The van der Waals surface area contributed by atoms with Crippen LogP contribution in [0.4, 0.5) is 0 Å². The lowest BCUT2D eigenvalue weighted by Crippen LogP contribution is -2.48. The van der Waals surface area contributed by atoms with E-state index in [0.29, 0.717) is 18.1 Å². The van der Waals surface area contributed by atoms with Gasteiger partial charge in [-0.15, -0.1) is 11.3 Å². The SMILES string of the molecule is NCC1CCCCN1C(=O)c1cnc2sccn2c1=O. The molecule has 0 aliphatic carbocycles. The number of nitrogens with two attached hydrogens (primary N) is 1. The third-order valence-corrected chi connectivity index (χ3v) is 4.50. The third-order valence-electron chi connectivity index (χ3n) is 3.73. The van der Waals surface area contributed by atoms with E-state index in [1.165, 1.54) is 21.9 Å². The predicted molar refractivity (Wildman–Crippen MR) is 77.1 cm³/mol. The van der Waals surface area contributed by atoms with E-state index >= 15 is 0 Å². The molecular weight excluding hydrogens is 276 g/mol. The van der Waals surface area contributed by atoms with Crippen LogP contribution in [-0.2, 0) is 0 Å². The molecule has 1 atom stereocenters. The van der Waals surface area contributed by atoms with Crippen molar-refractivity contribution in [2.24, 2.45) is 5.73 Å². The summed E-state index contributed by atoms with van der Waals surface area (Å²) >= 11 is 1.37. The fourth-order valence-electron chi connectivity index (χ4n) is 2.64. The molecule has 1 fully saturated rings. The third kappa shape index (κ3) is 2.12. The molecule has 106 valence electrons. The molecule has 3 rings (SSSR count). The molecule has 1 aliphatic rings. The second kappa shape index (κ2) is 5.34. The number of likely N-dealkylation sites (tertiary alicyclic amines) is 1. The first-order chi connectivity index (χ1) is 9.72. The van der Waals surface area contributed by atoms with Crippen LogP contribution in [-0.4, -0.2) is 39.3 Å². The van der Waals surface area contributed by atoms with Crippen LogP contribution < -0.4 is 11.3 Å². The quantitative estimate of drug-likeness (QED) is 0.884. The Kier molecular flexibility index (Phi) is 3.54. The molecule has 1 unspecified atom stereocenters. The predicted octanol–water partition coefficient (Wildman–Crippen LogP) is 0.709. The average molecular weight is 292 g/mol. The van der Waals surface area contributed by atoms with Gasteiger partial charge >= 0.3 is 0 Å². The van der Waals surface area contributed by atoms with Crippen LogP contribution in [0.5, 0.6) is 0 Å². The molecule has 0 aromatic carbocycles. The normalized spacial score (nSPS) is 19.4. The summed E-state index contributed by atoms with van der Waals surface area (Å²) in [5.74, 6) is -0.252. The minimum Gasteiger partial charge on any atom is -0.334 e. The summed E-state index contributed by atoms with van der Waals surface area (Å²) in [7, 11) is 0. The molecule has 1 amide bonds. The number of carbonyl (C=O) groups excluding carboxylic acids is 1. The molecule has 0 radical (unpaired) electrons. The maximum absolute atomic E-state index is 12.6. The zero-order chi connectivity index (χ0) is 14.1. The minimum absolute atomic E-state index is 0.0267. The van der Waals surface area contributed by atoms with Crippen molar-refractivity contribution in [2.75, 3.05) is 13.1 Å². The van der Waals surface area contributed by atoms with Gasteiger partial charge in [0.05, 0.1) is 0 Å². The Hall–Kier alpha value is -1.73. The number of aromatic nitrogens is 2. The van der Waals surface area contributed by atoms with Gasteiger partial charge < -0.3 is 10.6 Å². The Bertz CT molecular complexity index is 693. The first-order valence-corrected chi connectivity index (χ1v) is 7.56. The fourth-order valence-corrected chi connectivity index (χ4v) is 3.31. The van der Waals surface area contributed by atoms with Gasteiger partial charge in [0.15, 0.2) is 4.96 Å². The summed E-state index contributed by atoms with van der Waals surface area (Å²) in [5, 5.41) is 1.78. The van der Waals surface area contributed by atoms with E-state index in [1.807, 2.05) is 0 Å². The number of piperidine rings is 1. The Labute approximate surface area is 119 Å². The van der Waals surface area contributed by atoms with Crippen LogP contribution in [0.1, 0.15) is 29.6 Å². The van der Waals surface area contributed by atoms with E-state index in [0.717, 1.165) is 19.3 Å². The van der Waals surface area contributed by atoms with E-state index in [1.54, 1.807) is 16.5 Å². The van der Waals surface area contributed by atoms with Crippen molar-refractivity contribution in [3.63, 3.8) is 0 Å². The zero-order valence-corrected chi connectivity index (χ0v) is 11.8. The summed E-state index contributed by atoms with van der Waals surface area (Å²) in [4.78, 5) is 31.4. The van der Waals surface area contributed by atoms with E-state index in [4.69, 9.17) is 5.73 Å². The summed E-state index contributed by atoms with van der Waals surface area (Å²) in [6.07, 6.45) is 5.96. The highest BCUT2D eigenvalue weighted by Crippen LogP contribution is 2.18. The smallest absolute Gasteiger partial charge is 0.271 e. The summed E-state index contributed by atoms with van der Waals surface area (Å²) in [5.41, 5.74) is 5.55. The highest BCUT2D eigenvalue weighted by atomic mass is 32.1. The second-order valence-electron chi connectivity index (χ2n) is 4.92. The first-order valence-electron chi connectivity index (χ1n) is 6.68. The van der Waals surface area contributed by atoms with E-state index in [-0.39, 0.29) is 23.1 Å². The van der Waals surface area contributed by atoms with Gasteiger partial charge in [0, 0.05) is 36.9 Å². The standard InChI is InChI=1S/C13H16N4O2S/c14-7-9-3-1-2-4-16(9)11(18)10-8-15-13-17(12(10)19)5-6-20-13/h5-6,8-9H,1-4,7,14H2. The highest BCUT2D eigenvalue weighted by Gasteiger charge is 2.28. The van der Waals surface area contributed by atoms with Crippen LogP contribution >= 0.6 is 11.3 Å². The van der Waals surface area contributed by atoms with Crippen LogP contribution in [0.2, 0.25) is 0 Å². The van der Waals surface area contributed by atoms with Crippen molar-refractivity contribution in [1.82, 2.24) is 14.3 Å². The number of hydrogen-bond acceptors (Lipinski definition) is 5. The van der Waals surface area contributed by atoms with E-state index < -0.39 is 0 Å². The average Bonchev–Trinajstić information content (AvgIpc) is 2.96. The van der Waals surface area contributed by atoms with Crippen molar-refractivity contribution in [1.29, 1.82) is 0 Å². The zero-order valence-electron chi connectivity index (χ0n) is 11.0. The lowest BCUT2D eigenvalue weighted by Gasteiger charge is -2.34. The van der Waals surface area contributed by atoms with Gasteiger partial charge in [-0.3, -0.25) is 14.0 Å². The van der Waals surface area contributed by atoms with Crippen molar-refractivity contribution in [3.05, 3.63) is 33.7 Å². The molecule has 2 aromatic heterocycles. The molecule has 0 spiro atoms. The van der Waals surface area contributed by atoms with Gasteiger partial charge in [0.1, 0.15) is 5.56 Å². The Morgan fingerprint density at radius 2 is 2.35 bits per heavy atom. The highest BCUT2D eigenvalue weighted by molar-refractivity contribution is 7.15. The number of rotatable bonds is 2. The molecule has 6 nitrogen and oxygen atoms in total. The van der Waals surface area contributed by atoms with Gasteiger partial charge in [0.2, 0.25) is 0 Å². The number of amides is 1. The number of fused-ring (bicyclic) bond motifs is 1. The van der Waals surface area contributed by atoms with Crippen LogP contribution in [0, 0.1) is 0 Å². The molecule has 2 aromatic rings. The monoisotopic (exact) mass is 292 g/mol. The van der Waals surface area contributed by atoms with Gasteiger partial charge in [0.25, 0.3) is 11.5 Å². The van der Waals surface area contributed by atoms with Crippen LogP contribution in [0.3, 0.4) is 0 Å². The largest absolute Gasteiger partial charge is 0.334 e. The molecule has 0 saturated carbocycles. The fraction of sp³-hybridized carbons (Fsp3) is 0.462. The molecule has 1 saturated heterocycles. The lowest BCUT2D eigenvalue weighted by atomic mass is 10.0. The molecule has 1 aliphatic heterocycles. The number of hydrogen-bond donors (Lipinski definition) is 1. The molecule has 20 heavy (non-hydrogen) atoms. The Morgan fingerprint density at radius 3 is 3.15 bits per heavy atom. The lowest BCUT2D eigenvalue weighted by molar-refractivity contribution is 0.0621. The number of nitrogens with zero attached hydrogens (tertiary/aromatic N) is 3. The molecule has 3 heterocycles. The van der Waals surface area contributed by atoms with Gasteiger partial charge in [-0.1, -0.05) is 0 Å². The topological polar surface area (TPSA) is 80.7 Å². The minimum atomic E-state index is -0.303. The molecule has 0 bridgehead atoms. The van der Waals surface area contributed by atoms with Crippen molar-refractivity contribution >= 4 is 22.2 Å². The maximum atomic E-state index is 12.6. The van der Waals surface area contributed by atoms with Crippen molar-refractivity contribution in [2.45, 2.75) is 25.3 Å². The molecule has 2 N–H and O–H groups in total. The molecular formula is C13H16N4O2S. The number of thiazole rings is 1.